The van der Waals surface area contributed by atoms with E-state index in [-0.39, 0.29) is 16.8 Å². The van der Waals surface area contributed by atoms with Crippen molar-refractivity contribution in [2.24, 2.45) is 0 Å². The number of nitrogens with one attached hydrogen (secondary N) is 1. The minimum absolute atomic E-state index is 0.00207. The number of carboxylic acid groups (broad SMARTS) is 1. The topological polar surface area (TPSA) is 58.6 Å². The van der Waals surface area contributed by atoms with E-state index in [2.05, 4.69) is 21.2 Å². The molecule has 4 nitrogen and oxygen atoms in total. The number of rotatable bonds is 4. The Morgan fingerprint density at radius 3 is 2.53 bits per heavy atom. The highest BCUT2D eigenvalue weighted by Gasteiger charge is 2.11. The lowest BCUT2D eigenvalue weighted by Gasteiger charge is -2.13. The largest absolute Gasteiger partial charge is 0.491 e. The second kappa shape index (κ2) is 5.81. The third-order valence-electron chi connectivity index (χ3n) is 1.83. The predicted molar refractivity (Wildman–Crippen MR) is 60.2 cm³/mol. The van der Waals surface area contributed by atoms with Gasteiger partial charge in [0.05, 0.1) is 10.5 Å². The number of hydrogen-bond acceptors (Lipinski definition) is 2. The first-order valence-corrected chi connectivity index (χ1v) is 5.46. The Kier molecular flexibility index (Phi) is 4.68. The van der Waals surface area contributed by atoms with Crippen LogP contribution in [0.15, 0.2) is 16.6 Å². The van der Waals surface area contributed by atoms with Crippen LogP contribution in [0, 0.1) is 11.6 Å². The third kappa shape index (κ3) is 4.18. The van der Waals surface area contributed by atoms with Gasteiger partial charge in [0.15, 0.2) is 0 Å². The smallest absolute Gasteiger partial charge is 0.404 e. The molecule has 2 N–H and O–H groups in total. The molecule has 1 amide bonds. The van der Waals surface area contributed by atoms with E-state index in [4.69, 9.17) is 9.84 Å². The molecule has 0 aliphatic carbocycles. The molecule has 0 fully saturated rings. The monoisotopic (exact) mass is 309 g/mol. The zero-order chi connectivity index (χ0) is 13.0. The molecule has 0 aliphatic rings. The first-order chi connectivity index (χ1) is 7.90. The molecule has 0 heterocycles. The maximum atomic E-state index is 13.1. The summed E-state index contributed by atoms with van der Waals surface area (Å²) < 4.78 is 31.0. The molecule has 0 saturated carbocycles. The van der Waals surface area contributed by atoms with Crippen molar-refractivity contribution in [1.29, 1.82) is 0 Å². The molecule has 94 valence electrons. The molecule has 7 heteroatoms. The van der Waals surface area contributed by atoms with Crippen molar-refractivity contribution in [3.05, 3.63) is 28.2 Å². The molecule has 0 aliphatic heterocycles. The van der Waals surface area contributed by atoms with Gasteiger partial charge in [-0.1, -0.05) is 0 Å². The molecule has 0 spiro atoms. The van der Waals surface area contributed by atoms with Crippen molar-refractivity contribution >= 4 is 22.0 Å². The molecule has 1 rings (SSSR count). The van der Waals surface area contributed by atoms with Crippen LogP contribution in [-0.2, 0) is 0 Å². The third-order valence-corrected chi connectivity index (χ3v) is 2.58. The minimum Gasteiger partial charge on any atom is -0.491 e. The molecule has 17 heavy (non-hydrogen) atoms. The van der Waals surface area contributed by atoms with Crippen LogP contribution in [0.4, 0.5) is 13.6 Å². The van der Waals surface area contributed by atoms with Crippen LogP contribution in [0.1, 0.15) is 6.92 Å². The number of carbonyl (C=O) groups is 1. The molecule has 1 aromatic rings. The standard InChI is InChI=1S/C10H10BrF2NO3/c1-5(14-10(15)16)4-17-6-2-7(12)9(11)8(13)3-6/h2-3,5,14H,4H2,1H3,(H,15,16)/t5-/m0/s1. The average molecular weight is 310 g/mol. The van der Waals surface area contributed by atoms with Crippen LogP contribution in [0.2, 0.25) is 0 Å². The second-order valence-corrected chi connectivity index (χ2v) is 4.16. The van der Waals surface area contributed by atoms with Crippen molar-refractivity contribution in [3.8, 4) is 5.75 Å². The van der Waals surface area contributed by atoms with Gasteiger partial charge < -0.3 is 15.2 Å². The van der Waals surface area contributed by atoms with Crippen molar-refractivity contribution in [3.63, 3.8) is 0 Å². The van der Waals surface area contributed by atoms with Gasteiger partial charge in [0, 0.05) is 12.1 Å². The van der Waals surface area contributed by atoms with E-state index in [1.165, 1.54) is 0 Å². The quantitative estimate of drug-likeness (QED) is 0.841. The summed E-state index contributed by atoms with van der Waals surface area (Å²) in [5, 5.41) is 10.6. The summed E-state index contributed by atoms with van der Waals surface area (Å²) >= 11 is 2.73. The van der Waals surface area contributed by atoms with Gasteiger partial charge in [-0.2, -0.15) is 0 Å². The predicted octanol–water partition coefficient (Wildman–Crippen LogP) is 2.76. The van der Waals surface area contributed by atoms with Crippen molar-refractivity contribution in [2.75, 3.05) is 6.61 Å². The van der Waals surface area contributed by atoms with Gasteiger partial charge in [-0.3, -0.25) is 0 Å². The second-order valence-electron chi connectivity index (χ2n) is 3.36. The van der Waals surface area contributed by atoms with Crippen LogP contribution >= 0.6 is 15.9 Å². The van der Waals surface area contributed by atoms with E-state index < -0.39 is 23.8 Å². The molecule has 0 radical (unpaired) electrons. The maximum Gasteiger partial charge on any atom is 0.404 e. The Morgan fingerprint density at radius 2 is 2.06 bits per heavy atom. The minimum atomic E-state index is -1.19. The van der Waals surface area contributed by atoms with E-state index >= 15 is 0 Å². The zero-order valence-electron chi connectivity index (χ0n) is 8.84. The van der Waals surface area contributed by atoms with Crippen LogP contribution < -0.4 is 10.1 Å². The Morgan fingerprint density at radius 1 is 1.53 bits per heavy atom. The van der Waals surface area contributed by atoms with E-state index in [9.17, 15) is 13.6 Å². The van der Waals surface area contributed by atoms with E-state index in [1.807, 2.05) is 0 Å². The van der Waals surface area contributed by atoms with Crippen molar-refractivity contribution in [2.45, 2.75) is 13.0 Å². The molecule has 0 saturated heterocycles. The molecule has 0 unspecified atom stereocenters. The number of hydrogen-bond donors (Lipinski definition) is 2. The first-order valence-electron chi connectivity index (χ1n) is 4.67. The van der Waals surface area contributed by atoms with E-state index in [1.54, 1.807) is 6.92 Å². The number of amides is 1. The molecular formula is C10H10BrF2NO3. The molecule has 1 aromatic carbocycles. The van der Waals surface area contributed by atoms with Gasteiger partial charge in [0.1, 0.15) is 24.0 Å². The number of halogens is 3. The Balaban J connectivity index is 2.61. The first kappa shape index (κ1) is 13.7. The van der Waals surface area contributed by atoms with Crippen LogP contribution in [0.3, 0.4) is 0 Å². The van der Waals surface area contributed by atoms with Gasteiger partial charge in [-0.15, -0.1) is 0 Å². The summed E-state index contributed by atoms with van der Waals surface area (Å²) in [6.45, 7) is 1.55. The zero-order valence-corrected chi connectivity index (χ0v) is 10.4. The van der Waals surface area contributed by atoms with Gasteiger partial charge in [0.25, 0.3) is 0 Å². The fraction of sp³-hybridized carbons (Fsp3) is 0.300. The summed E-state index contributed by atoms with van der Waals surface area (Å²) in [6.07, 6.45) is -1.19. The molecule has 0 bridgehead atoms. The fourth-order valence-corrected chi connectivity index (χ4v) is 1.32. The average Bonchev–Trinajstić information content (AvgIpc) is 2.22. The SMILES string of the molecule is C[C@@H](COc1cc(F)c(Br)c(F)c1)NC(=O)O. The summed E-state index contributed by atoms with van der Waals surface area (Å²) in [5.41, 5.74) is 0. The van der Waals surface area contributed by atoms with Gasteiger partial charge in [-0.25, -0.2) is 13.6 Å². The van der Waals surface area contributed by atoms with Crippen LogP contribution in [0.5, 0.6) is 5.75 Å². The van der Waals surface area contributed by atoms with Crippen LogP contribution in [0.25, 0.3) is 0 Å². The lowest BCUT2D eigenvalue weighted by atomic mass is 10.3. The summed E-state index contributed by atoms with van der Waals surface area (Å²) in [7, 11) is 0. The van der Waals surface area contributed by atoms with Crippen LogP contribution in [-0.4, -0.2) is 23.8 Å². The van der Waals surface area contributed by atoms with Crippen molar-refractivity contribution in [1.82, 2.24) is 5.32 Å². The molecule has 0 aromatic heterocycles. The van der Waals surface area contributed by atoms with Gasteiger partial charge in [0.2, 0.25) is 0 Å². The highest BCUT2D eigenvalue weighted by molar-refractivity contribution is 9.10. The summed E-state index contributed by atoms with van der Waals surface area (Å²) in [4.78, 5) is 10.3. The summed E-state index contributed by atoms with van der Waals surface area (Å²) in [6, 6.07) is 1.55. The fourth-order valence-electron chi connectivity index (χ4n) is 1.09. The Labute approximate surface area is 105 Å². The van der Waals surface area contributed by atoms with E-state index in [0.717, 1.165) is 12.1 Å². The lowest BCUT2D eigenvalue weighted by Crippen LogP contribution is -2.35. The Bertz CT molecular complexity index is 405. The highest BCUT2D eigenvalue weighted by atomic mass is 79.9. The maximum absolute atomic E-state index is 13.1. The number of ether oxygens (including phenoxy) is 1. The van der Waals surface area contributed by atoms with E-state index in [0.29, 0.717) is 0 Å². The highest BCUT2D eigenvalue weighted by Crippen LogP contribution is 2.24. The van der Waals surface area contributed by atoms with Gasteiger partial charge in [-0.05, 0) is 22.9 Å². The molecule has 1 atom stereocenters. The van der Waals surface area contributed by atoms with Crippen molar-refractivity contribution < 1.29 is 23.4 Å². The normalized spacial score (nSPS) is 12.0. The Hall–Kier alpha value is -1.37. The summed E-state index contributed by atoms with van der Waals surface area (Å²) in [5.74, 6) is -1.56. The molecular weight excluding hydrogens is 300 g/mol. The number of benzene rings is 1. The lowest BCUT2D eigenvalue weighted by molar-refractivity contribution is 0.183. The van der Waals surface area contributed by atoms with Gasteiger partial charge >= 0.3 is 6.09 Å².